The number of hydrogen-bond donors (Lipinski definition) is 1. The van der Waals surface area contributed by atoms with Crippen LogP contribution in [0.4, 0.5) is 0 Å². The van der Waals surface area contributed by atoms with Crippen molar-refractivity contribution >= 4 is 18.0 Å². The summed E-state index contributed by atoms with van der Waals surface area (Å²) in [5, 5.41) is 2.66. The SMILES string of the molecule is COc1cccc(/C=C/C(=O)OCC(=O)NC[C@H]2COc3ccccc3O2)c1OC. The highest BCUT2D eigenvalue weighted by Crippen LogP contribution is 2.32. The van der Waals surface area contributed by atoms with E-state index in [-0.39, 0.29) is 12.6 Å². The van der Waals surface area contributed by atoms with Crippen molar-refractivity contribution in [1.82, 2.24) is 5.32 Å². The average Bonchev–Trinajstić information content (AvgIpc) is 2.79. The first kappa shape index (κ1) is 21.0. The summed E-state index contributed by atoms with van der Waals surface area (Å²) < 4.78 is 26.8. The molecule has 0 bridgehead atoms. The van der Waals surface area contributed by atoms with Crippen molar-refractivity contribution in [2.45, 2.75) is 6.10 Å². The summed E-state index contributed by atoms with van der Waals surface area (Å²) in [7, 11) is 3.04. The van der Waals surface area contributed by atoms with Gasteiger partial charge in [0.25, 0.3) is 5.91 Å². The van der Waals surface area contributed by atoms with E-state index in [9.17, 15) is 9.59 Å². The minimum Gasteiger partial charge on any atom is -0.493 e. The highest BCUT2D eigenvalue weighted by atomic mass is 16.6. The van der Waals surface area contributed by atoms with Gasteiger partial charge >= 0.3 is 5.97 Å². The van der Waals surface area contributed by atoms with E-state index in [0.717, 1.165) is 0 Å². The molecule has 8 heteroatoms. The molecule has 0 radical (unpaired) electrons. The molecule has 0 spiro atoms. The van der Waals surface area contributed by atoms with Crippen LogP contribution in [0.25, 0.3) is 6.08 Å². The predicted molar refractivity (Wildman–Crippen MR) is 109 cm³/mol. The molecule has 0 saturated carbocycles. The molecule has 0 aromatic heterocycles. The van der Waals surface area contributed by atoms with E-state index >= 15 is 0 Å². The van der Waals surface area contributed by atoms with E-state index in [1.54, 1.807) is 24.3 Å². The van der Waals surface area contributed by atoms with Crippen LogP contribution < -0.4 is 24.3 Å². The van der Waals surface area contributed by atoms with Gasteiger partial charge in [0.05, 0.1) is 20.8 Å². The number of benzene rings is 2. The minimum atomic E-state index is -0.652. The fraction of sp³-hybridized carbons (Fsp3) is 0.273. The summed E-state index contributed by atoms with van der Waals surface area (Å²) in [5.41, 5.74) is 0.646. The van der Waals surface area contributed by atoms with E-state index in [1.165, 1.54) is 26.4 Å². The van der Waals surface area contributed by atoms with Crippen LogP contribution in [0.5, 0.6) is 23.0 Å². The Labute approximate surface area is 174 Å². The van der Waals surface area contributed by atoms with Gasteiger partial charge in [0.1, 0.15) is 12.7 Å². The predicted octanol–water partition coefficient (Wildman–Crippen LogP) is 2.22. The maximum Gasteiger partial charge on any atom is 0.331 e. The fourth-order valence-corrected chi connectivity index (χ4v) is 2.83. The van der Waals surface area contributed by atoms with Crippen LogP contribution in [0.2, 0.25) is 0 Å². The Bertz CT molecular complexity index is 925. The van der Waals surface area contributed by atoms with Gasteiger partial charge in [-0.25, -0.2) is 4.79 Å². The second-order valence-electron chi connectivity index (χ2n) is 6.33. The average molecular weight is 413 g/mol. The van der Waals surface area contributed by atoms with Crippen molar-refractivity contribution in [2.24, 2.45) is 0 Å². The molecule has 8 nitrogen and oxygen atoms in total. The Hall–Kier alpha value is -3.68. The van der Waals surface area contributed by atoms with Crippen LogP contribution in [-0.2, 0) is 14.3 Å². The van der Waals surface area contributed by atoms with Gasteiger partial charge in [-0.2, -0.15) is 0 Å². The zero-order chi connectivity index (χ0) is 21.3. The van der Waals surface area contributed by atoms with Crippen LogP contribution in [0.3, 0.4) is 0 Å². The Morgan fingerprint density at radius 2 is 1.90 bits per heavy atom. The molecule has 0 fully saturated rings. The lowest BCUT2D eigenvalue weighted by Crippen LogP contribution is -2.42. The number of ether oxygens (including phenoxy) is 5. The first-order chi connectivity index (χ1) is 14.6. The lowest BCUT2D eigenvalue weighted by molar-refractivity contribution is -0.143. The summed E-state index contributed by atoms with van der Waals surface area (Å²) in [6.07, 6.45) is 2.44. The molecule has 0 saturated heterocycles. The molecule has 3 rings (SSSR count). The van der Waals surface area contributed by atoms with Gasteiger partial charge < -0.3 is 29.0 Å². The number of carbonyl (C=O) groups excluding carboxylic acids is 2. The van der Waals surface area contributed by atoms with Gasteiger partial charge in [0, 0.05) is 11.6 Å². The molecule has 1 heterocycles. The number of rotatable bonds is 8. The number of carbonyl (C=O) groups is 2. The molecule has 30 heavy (non-hydrogen) atoms. The lowest BCUT2D eigenvalue weighted by Gasteiger charge is -2.26. The lowest BCUT2D eigenvalue weighted by atomic mass is 10.1. The number of methoxy groups -OCH3 is 2. The zero-order valence-electron chi connectivity index (χ0n) is 16.8. The molecule has 1 N–H and O–H groups in total. The number of hydrogen-bond acceptors (Lipinski definition) is 7. The number of para-hydroxylation sites is 3. The first-order valence-corrected chi connectivity index (χ1v) is 9.31. The summed E-state index contributed by atoms with van der Waals surface area (Å²) in [5.74, 6) is 1.27. The van der Waals surface area contributed by atoms with Gasteiger partial charge in [-0.1, -0.05) is 24.3 Å². The molecular weight excluding hydrogens is 390 g/mol. The van der Waals surface area contributed by atoms with Crippen LogP contribution in [0.15, 0.2) is 48.5 Å². The Kier molecular flexibility index (Phi) is 7.15. The number of fused-ring (bicyclic) bond motifs is 1. The zero-order valence-corrected chi connectivity index (χ0v) is 16.8. The molecular formula is C22H23NO7. The third kappa shape index (κ3) is 5.44. The first-order valence-electron chi connectivity index (χ1n) is 9.31. The maximum atomic E-state index is 11.9. The largest absolute Gasteiger partial charge is 0.493 e. The molecule has 0 aliphatic carbocycles. The van der Waals surface area contributed by atoms with E-state index in [1.807, 2.05) is 18.2 Å². The van der Waals surface area contributed by atoms with Crippen molar-refractivity contribution < 1.29 is 33.3 Å². The van der Waals surface area contributed by atoms with Gasteiger partial charge in [-0.05, 0) is 24.3 Å². The maximum absolute atomic E-state index is 11.9. The Morgan fingerprint density at radius 1 is 1.10 bits per heavy atom. The van der Waals surface area contributed by atoms with Gasteiger partial charge in [0.2, 0.25) is 0 Å². The smallest absolute Gasteiger partial charge is 0.331 e. The molecule has 1 aliphatic rings. The second-order valence-corrected chi connectivity index (χ2v) is 6.33. The van der Waals surface area contributed by atoms with Gasteiger partial charge in [-0.3, -0.25) is 4.79 Å². The quantitative estimate of drug-likeness (QED) is 0.524. The topological polar surface area (TPSA) is 92.3 Å². The Balaban J connectivity index is 1.43. The monoisotopic (exact) mass is 413 g/mol. The van der Waals surface area contributed by atoms with Crippen LogP contribution in [0.1, 0.15) is 5.56 Å². The van der Waals surface area contributed by atoms with Gasteiger partial charge in [-0.15, -0.1) is 0 Å². The molecule has 0 unspecified atom stereocenters. The summed E-state index contributed by atoms with van der Waals surface area (Å²) in [6.45, 7) is 0.159. The second kappa shape index (κ2) is 10.2. The number of esters is 1. The van der Waals surface area contributed by atoms with E-state index in [4.69, 9.17) is 23.7 Å². The highest BCUT2D eigenvalue weighted by molar-refractivity contribution is 5.89. The molecule has 2 aromatic carbocycles. The summed E-state index contributed by atoms with van der Waals surface area (Å²) in [6, 6.07) is 12.6. The number of nitrogens with one attached hydrogen (secondary N) is 1. The van der Waals surface area contributed by atoms with Crippen LogP contribution >= 0.6 is 0 Å². The molecule has 2 aromatic rings. The molecule has 158 valence electrons. The standard InChI is InChI=1S/C22H23NO7/c1-26-19-9-5-6-15(22(19)27-2)10-11-21(25)29-14-20(24)23-12-16-13-28-17-7-3-4-8-18(17)30-16/h3-11,16H,12-14H2,1-2H3,(H,23,24)/b11-10+/t16-/m0/s1. The normalized spacial score (nSPS) is 14.8. The minimum absolute atomic E-state index is 0.238. The van der Waals surface area contributed by atoms with E-state index in [2.05, 4.69) is 5.32 Å². The van der Waals surface area contributed by atoms with Gasteiger partial charge in [0.15, 0.2) is 29.6 Å². The fourth-order valence-electron chi connectivity index (χ4n) is 2.83. The molecule has 1 aliphatic heterocycles. The van der Waals surface area contributed by atoms with Crippen molar-refractivity contribution in [3.05, 3.63) is 54.1 Å². The van der Waals surface area contributed by atoms with Crippen LogP contribution in [-0.4, -0.2) is 52.0 Å². The Morgan fingerprint density at radius 3 is 2.67 bits per heavy atom. The molecule has 1 atom stereocenters. The molecule has 1 amide bonds. The van der Waals surface area contributed by atoms with Crippen molar-refractivity contribution in [1.29, 1.82) is 0 Å². The summed E-state index contributed by atoms with van der Waals surface area (Å²) in [4.78, 5) is 23.9. The number of amides is 1. The van der Waals surface area contributed by atoms with E-state index in [0.29, 0.717) is 35.2 Å². The van der Waals surface area contributed by atoms with Crippen molar-refractivity contribution in [3.8, 4) is 23.0 Å². The van der Waals surface area contributed by atoms with Crippen molar-refractivity contribution in [2.75, 3.05) is 34.0 Å². The highest BCUT2D eigenvalue weighted by Gasteiger charge is 2.21. The van der Waals surface area contributed by atoms with Crippen LogP contribution in [0, 0.1) is 0 Å². The van der Waals surface area contributed by atoms with Crippen molar-refractivity contribution in [3.63, 3.8) is 0 Å². The summed E-state index contributed by atoms with van der Waals surface area (Å²) >= 11 is 0. The third-order valence-corrected chi connectivity index (χ3v) is 4.27. The third-order valence-electron chi connectivity index (χ3n) is 4.27. The van der Waals surface area contributed by atoms with E-state index < -0.39 is 18.5 Å².